The van der Waals surface area contributed by atoms with Gasteiger partial charge in [-0.25, -0.2) is 23.1 Å². The molecule has 3 N–H and O–H groups in total. The summed E-state index contributed by atoms with van der Waals surface area (Å²) in [6.07, 6.45) is 4.15. The molecule has 0 bridgehead atoms. The molecule has 0 unspecified atom stereocenters. The van der Waals surface area contributed by atoms with Gasteiger partial charge in [-0.1, -0.05) is 29.8 Å². The van der Waals surface area contributed by atoms with Crippen molar-refractivity contribution in [3.8, 4) is 5.82 Å². The minimum Gasteiger partial charge on any atom is -0.278 e. The summed E-state index contributed by atoms with van der Waals surface area (Å²) in [5, 5.41) is 4.17. The van der Waals surface area contributed by atoms with Crippen molar-refractivity contribution in [3.05, 3.63) is 95.7 Å². The van der Waals surface area contributed by atoms with E-state index in [1.54, 1.807) is 24.3 Å². The summed E-state index contributed by atoms with van der Waals surface area (Å²) in [5.41, 5.74) is 4.88. The van der Waals surface area contributed by atoms with Gasteiger partial charge in [0.15, 0.2) is 5.82 Å². The lowest BCUT2D eigenvalue weighted by molar-refractivity contribution is 0.0846. The van der Waals surface area contributed by atoms with Gasteiger partial charge in [0.1, 0.15) is 12.7 Å². The molecule has 0 spiro atoms. The van der Waals surface area contributed by atoms with Crippen molar-refractivity contribution < 1.29 is 18.0 Å². The van der Waals surface area contributed by atoms with Crippen molar-refractivity contribution in [2.24, 2.45) is 0 Å². The van der Waals surface area contributed by atoms with E-state index in [1.807, 2.05) is 0 Å². The fraction of sp³-hybridized carbons (Fsp3) is 0. The van der Waals surface area contributed by atoms with E-state index in [-0.39, 0.29) is 32.6 Å². The van der Waals surface area contributed by atoms with E-state index < -0.39 is 21.8 Å². The van der Waals surface area contributed by atoms with Gasteiger partial charge in [-0.15, -0.1) is 0 Å². The molecular weight excluding hydrogens is 482 g/mol. The Morgan fingerprint density at radius 3 is 2.50 bits per heavy atom. The zero-order valence-electron chi connectivity index (χ0n) is 17.2. The van der Waals surface area contributed by atoms with Crippen LogP contribution in [0.25, 0.3) is 5.82 Å². The van der Waals surface area contributed by atoms with E-state index in [4.69, 9.17) is 11.6 Å². The highest BCUT2D eigenvalue weighted by Crippen LogP contribution is 2.24. The van der Waals surface area contributed by atoms with Crippen molar-refractivity contribution in [3.63, 3.8) is 0 Å². The van der Waals surface area contributed by atoms with Gasteiger partial charge in [-0.3, -0.25) is 25.2 Å². The largest absolute Gasteiger partial charge is 0.278 e. The number of benzene rings is 2. The second-order valence-electron chi connectivity index (χ2n) is 6.74. The molecular formula is C21H16ClN7O4S. The Hall–Kier alpha value is -4.29. The zero-order valence-corrected chi connectivity index (χ0v) is 18.8. The summed E-state index contributed by atoms with van der Waals surface area (Å²) in [5.74, 6) is -1.17. The molecule has 0 radical (unpaired) electrons. The van der Waals surface area contributed by atoms with Gasteiger partial charge >= 0.3 is 0 Å². The number of carbonyl (C=O) groups is 2. The maximum atomic E-state index is 12.7. The molecule has 2 aromatic heterocycles. The van der Waals surface area contributed by atoms with E-state index in [0.717, 1.165) is 0 Å². The number of anilines is 1. The Balaban J connectivity index is 1.47. The lowest BCUT2D eigenvalue weighted by Gasteiger charge is -2.12. The van der Waals surface area contributed by atoms with Crippen molar-refractivity contribution in [2.75, 3.05) is 4.72 Å². The van der Waals surface area contributed by atoms with Crippen LogP contribution in [-0.2, 0) is 10.0 Å². The van der Waals surface area contributed by atoms with E-state index in [0.29, 0.717) is 0 Å². The zero-order chi connectivity index (χ0) is 24.1. The summed E-state index contributed by atoms with van der Waals surface area (Å²) in [4.78, 5) is 33.0. The second kappa shape index (κ2) is 9.68. The van der Waals surface area contributed by atoms with Gasteiger partial charge in [0.25, 0.3) is 21.8 Å². The third-order valence-corrected chi connectivity index (χ3v) is 6.17. The Kier molecular flexibility index (Phi) is 6.52. The van der Waals surface area contributed by atoms with Gasteiger partial charge in [0.2, 0.25) is 0 Å². The fourth-order valence-electron chi connectivity index (χ4n) is 2.88. The minimum absolute atomic E-state index is 0.00465. The number of para-hydroxylation sites is 1. The van der Waals surface area contributed by atoms with Crippen LogP contribution in [0.1, 0.15) is 20.7 Å². The van der Waals surface area contributed by atoms with Crippen molar-refractivity contribution in [2.45, 2.75) is 4.90 Å². The smallest absolute Gasteiger partial charge is 0.273 e. The van der Waals surface area contributed by atoms with Crippen LogP contribution < -0.4 is 15.6 Å². The first-order valence-electron chi connectivity index (χ1n) is 9.63. The van der Waals surface area contributed by atoms with Gasteiger partial charge in [0, 0.05) is 11.8 Å². The third-order valence-electron chi connectivity index (χ3n) is 4.48. The summed E-state index contributed by atoms with van der Waals surface area (Å²) in [6, 6.07) is 14.7. The number of nitrogens with zero attached hydrogens (tertiary/aromatic N) is 4. The number of sulfonamides is 1. The third kappa shape index (κ3) is 5.03. The molecule has 2 aromatic carbocycles. The Morgan fingerprint density at radius 2 is 1.74 bits per heavy atom. The number of pyridine rings is 1. The first-order valence-corrected chi connectivity index (χ1v) is 11.5. The molecule has 0 aliphatic rings. The summed E-state index contributed by atoms with van der Waals surface area (Å²) >= 11 is 6.02. The van der Waals surface area contributed by atoms with Crippen LogP contribution in [0.2, 0.25) is 5.02 Å². The lowest BCUT2D eigenvalue weighted by atomic mass is 10.2. The number of carbonyl (C=O) groups excluding carboxylic acids is 2. The molecule has 0 fully saturated rings. The lowest BCUT2D eigenvalue weighted by Crippen LogP contribution is -2.42. The molecule has 172 valence electrons. The molecule has 4 rings (SSSR count). The molecule has 11 nitrogen and oxygen atoms in total. The van der Waals surface area contributed by atoms with E-state index >= 15 is 0 Å². The highest BCUT2D eigenvalue weighted by molar-refractivity contribution is 7.92. The topological polar surface area (TPSA) is 148 Å². The standard InChI is InChI=1S/C21H16ClN7O4S/c22-17-8-1-2-9-18(17)28-34(32,33)15-6-3-5-14(11-15)20(30)26-27-21(31)16-7-4-10-24-19(16)29-13-23-12-25-29/h1-13,28H,(H,26,30)(H,27,31). The summed E-state index contributed by atoms with van der Waals surface area (Å²) < 4.78 is 29.2. The Morgan fingerprint density at radius 1 is 0.941 bits per heavy atom. The molecule has 4 aromatic rings. The number of hydrogen-bond acceptors (Lipinski definition) is 7. The van der Waals surface area contributed by atoms with Crippen LogP contribution in [-0.4, -0.2) is 40.0 Å². The maximum Gasteiger partial charge on any atom is 0.273 e. The van der Waals surface area contributed by atoms with Crippen LogP contribution >= 0.6 is 11.6 Å². The fourth-order valence-corrected chi connectivity index (χ4v) is 4.24. The van der Waals surface area contributed by atoms with Crippen LogP contribution in [0.4, 0.5) is 5.69 Å². The number of hydrogen-bond donors (Lipinski definition) is 3. The SMILES string of the molecule is O=C(NNC(=O)c1cccnc1-n1cncn1)c1cccc(S(=O)(=O)Nc2ccccc2Cl)c1. The predicted molar refractivity (Wildman–Crippen MR) is 123 cm³/mol. The minimum atomic E-state index is -4.02. The van der Waals surface area contributed by atoms with Gasteiger partial charge < -0.3 is 0 Å². The highest BCUT2D eigenvalue weighted by atomic mass is 35.5. The van der Waals surface area contributed by atoms with Crippen LogP contribution in [0.15, 0.2) is 84.4 Å². The Bertz CT molecular complexity index is 1460. The quantitative estimate of drug-likeness (QED) is 0.346. The van der Waals surface area contributed by atoms with E-state index in [1.165, 1.54) is 59.9 Å². The monoisotopic (exact) mass is 497 g/mol. The average Bonchev–Trinajstić information content (AvgIpc) is 3.39. The van der Waals surface area contributed by atoms with E-state index in [2.05, 4.69) is 30.6 Å². The normalized spacial score (nSPS) is 11.0. The maximum absolute atomic E-state index is 12.7. The first kappa shape index (κ1) is 22.9. The van der Waals surface area contributed by atoms with E-state index in [9.17, 15) is 18.0 Å². The number of amides is 2. The number of halogens is 1. The van der Waals surface area contributed by atoms with Crippen LogP contribution in [0, 0.1) is 0 Å². The summed E-state index contributed by atoms with van der Waals surface area (Å²) in [7, 11) is -4.02. The molecule has 0 atom stereocenters. The molecule has 34 heavy (non-hydrogen) atoms. The molecule has 0 saturated heterocycles. The number of nitrogens with one attached hydrogen (secondary N) is 3. The van der Waals surface area contributed by atoms with Gasteiger partial charge in [-0.2, -0.15) is 5.10 Å². The summed E-state index contributed by atoms with van der Waals surface area (Å²) in [6.45, 7) is 0. The average molecular weight is 498 g/mol. The van der Waals surface area contributed by atoms with Crippen LogP contribution in [0.3, 0.4) is 0 Å². The number of rotatable bonds is 6. The number of hydrazine groups is 1. The predicted octanol–water partition coefficient (Wildman–Crippen LogP) is 2.19. The van der Waals surface area contributed by atoms with Crippen molar-refractivity contribution in [1.82, 2.24) is 30.6 Å². The molecule has 0 aliphatic carbocycles. The highest BCUT2D eigenvalue weighted by Gasteiger charge is 2.19. The van der Waals surface area contributed by atoms with Crippen molar-refractivity contribution >= 4 is 39.1 Å². The Labute approximate surface area is 198 Å². The molecule has 2 heterocycles. The first-order chi connectivity index (χ1) is 16.3. The molecule has 13 heteroatoms. The molecule has 0 saturated carbocycles. The molecule has 0 aliphatic heterocycles. The molecule has 2 amide bonds. The van der Waals surface area contributed by atoms with Gasteiger partial charge in [0.05, 0.1) is 21.2 Å². The van der Waals surface area contributed by atoms with Crippen molar-refractivity contribution in [1.29, 1.82) is 0 Å². The number of aromatic nitrogens is 4. The van der Waals surface area contributed by atoms with Crippen LogP contribution in [0.5, 0.6) is 0 Å². The second-order valence-corrected chi connectivity index (χ2v) is 8.83. The van der Waals surface area contributed by atoms with Gasteiger partial charge in [-0.05, 0) is 42.5 Å².